The average Bonchev–Trinajstić information content (AvgIpc) is 2.29. The molecule has 90 valence electrons. The maximum absolute atomic E-state index is 11.4. The molecule has 1 aliphatic heterocycles. The maximum atomic E-state index is 11.4. The van der Waals surface area contributed by atoms with E-state index in [4.69, 9.17) is 9.47 Å². The molecule has 17 heavy (non-hydrogen) atoms. The van der Waals surface area contributed by atoms with Crippen LogP contribution in [-0.4, -0.2) is 12.6 Å². The summed E-state index contributed by atoms with van der Waals surface area (Å²) in [5, 5.41) is 0. The van der Waals surface area contributed by atoms with Crippen LogP contribution in [0, 0.1) is 0 Å². The summed E-state index contributed by atoms with van der Waals surface area (Å²) in [6, 6.07) is 7.75. The molecular formula is C13H13BrO3. The molecule has 0 saturated carbocycles. The largest absolute Gasteiger partial charge is 0.498 e. The van der Waals surface area contributed by atoms with Crippen molar-refractivity contribution in [1.82, 2.24) is 0 Å². The molecule has 0 saturated heterocycles. The Labute approximate surface area is 109 Å². The molecule has 0 fully saturated rings. The highest BCUT2D eigenvalue weighted by Crippen LogP contribution is 2.30. The smallest absolute Gasteiger partial charge is 0.334 e. The van der Waals surface area contributed by atoms with E-state index in [9.17, 15) is 4.79 Å². The molecule has 0 aliphatic carbocycles. The van der Waals surface area contributed by atoms with Gasteiger partial charge in [0.2, 0.25) is 0 Å². The zero-order valence-electron chi connectivity index (χ0n) is 9.48. The Kier molecular flexibility index (Phi) is 3.84. The van der Waals surface area contributed by atoms with E-state index in [1.54, 1.807) is 0 Å². The third-order valence-electron chi connectivity index (χ3n) is 2.50. The SMILES string of the molecule is CCOC1=CC(=O)O[C@@H](c2ccc(Br)cc2)C1. The van der Waals surface area contributed by atoms with Crippen LogP contribution in [0.3, 0.4) is 0 Å². The Bertz CT molecular complexity index is 436. The predicted molar refractivity (Wildman–Crippen MR) is 67.3 cm³/mol. The zero-order chi connectivity index (χ0) is 12.3. The monoisotopic (exact) mass is 296 g/mol. The van der Waals surface area contributed by atoms with E-state index in [0.29, 0.717) is 18.8 Å². The van der Waals surface area contributed by atoms with Gasteiger partial charge in [0.1, 0.15) is 11.9 Å². The van der Waals surface area contributed by atoms with Crippen LogP contribution < -0.4 is 0 Å². The van der Waals surface area contributed by atoms with Crippen LogP contribution in [0.25, 0.3) is 0 Å². The summed E-state index contributed by atoms with van der Waals surface area (Å²) in [6.07, 6.45) is 1.77. The molecule has 0 bridgehead atoms. The zero-order valence-corrected chi connectivity index (χ0v) is 11.1. The molecule has 2 rings (SSSR count). The van der Waals surface area contributed by atoms with Crippen LogP contribution in [0.2, 0.25) is 0 Å². The van der Waals surface area contributed by atoms with Gasteiger partial charge in [0.15, 0.2) is 0 Å². The highest BCUT2D eigenvalue weighted by molar-refractivity contribution is 9.10. The number of rotatable bonds is 3. The van der Waals surface area contributed by atoms with Crippen molar-refractivity contribution in [3.8, 4) is 0 Å². The predicted octanol–water partition coefficient (Wildman–Crippen LogP) is 3.36. The van der Waals surface area contributed by atoms with Crippen molar-refractivity contribution in [3.05, 3.63) is 46.1 Å². The molecule has 0 amide bonds. The van der Waals surface area contributed by atoms with E-state index in [0.717, 1.165) is 10.0 Å². The first-order chi connectivity index (χ1) is 8.19. The van der Waals surface area contributed by atoms with Crippen LogP contribution in [0.15, 0.2) is 40.6 Å². The van der Waals surface area contributed by atoms with Gasteiger partial charge in [-0.2, -0.15) is 0 Å². The third-order valence-corrected chi connectivity index (χ3v) is 3.02. The number of hydrogen-bond donors (Lipinski definition) is 0. The molecule has 1 aromatic rings. The topological polar surface area (TPSA) is 35.5 Å². The summed E-state index contributed by atoms with van der Waals surface area (Å²) < 4.78 is 11.7. The van der Waals surface area contributed by atoms with Crippen molar-refractivity contribution in [3.63, 3.8) is 0 Å². The third kappa shape index (κ3) is 3.09. The Morgan fingerprint density at radius 2 is 2.12 bits per heavy atom. The van der Waals surface area contributed by atoms with E-state index in [1.165, 1.54) is 6.08 Å². The minimum atomic E-state index is -0.340. The number of carbonyl (C=O) groups is 1. The minimum Gasteiger partial charge on any atom is -0.498 e. The Balaban J connectivity index is 2.15. The fraction of sp³-hybridized carbons (Fsp3) is 0.308. The number of cyclic esters (lactones) is 1. The van der Waals surface area contributed by atoms with Crippen LogP contribution in [0.1, 0.15) is 25.0 Å². The molecule has 3 nitrogen and oxygen atoms in total. The standard InChI is InChI=1S/C13H13BrO3/c1-2-16-11-7-12(17-13(15)8-11)9-3-5-10(14)6-4-9/h3-6,8,12H,2,7H2,1H3/t12-/m1/s1. The first-order valence-corrected chi connectivity index (χ1v) is 6.28. The molecule has 0 N–H and O–H groups in total. The van der Waals surface area contributed by atoms with Crippen molar-refractivity contribution in [2.75, 3.05) is 6.61 Å². The normalized spacial score (nSPS) is 19.5. The van der Waals surface area contributed by atoms with Crippen molar-refractivity contribution in [2.45, 2.75) is 19.4 Å². The number of hydrogen-bond acceptors (Lipinski definition) is 3. The maximum Gasteiger partial charge on any atom is 0.334 e. The van der Waals surface area contributed by atoms with E-state index in [1.807, 2.05) is 31.2 Å². The second-order valence-electron chi connectivity index (χ2n) is 3.72. The van der Waals surface area contributed by atoms with E-state index < -0.39 is 0 Å². The molecule has 1 aliphatic rings. The lowest BCUT2D eigenvalue weighted by Crippen LogP contribution is -2.17. The average molecular weight is 297 g/mol. The first-order valence-electron chi connectivity index (χ1n) is 5.48. The number of carbonyl (C=O) groups excluding carboxylic acids is 1. The van der Waals surface area contributed by atoms with Crippen molar-refractivity contribution < 1.29 is 14.3 Å². The highest BCUT2D eigenvalue weighted by atomic mass is 79.9. The molecule has 1 aromatic carbocycles. The Morgan fingerprint density at radius 3 is 2.76 bits per heavy atom. The molecule has 0 radical (unpaired) electrons. The van der Waals surface area contributed by atoms with Crippen molar-refractivity contribution >= 4 is 21.9 Å². The molecule has 0 spiro atoms. The molecular weight excluding hydrogens is 284 g/mol. The quantitative estimate of drug-likeness (QED) is 0.803. The lowest BCUT2D eigenvalue weighted by Gasteiger charge is -2.23. The van der Waals surface area contributed by atoms with Gasteiger partial charge >= 0.3 is 5.97 Å². The fourth-order valence-electron chi connectivity index (χ4n) is 1.74. The molecule has 1 heterocycles. The highest BCUT2D eigenvalue weighted by Gasteiger charge is 2.23. The van der Waals surface area contributed by atoms with Crippen LogP contribution in [0.5, 0.6) is 0 Å². The van der Waals surface area contributed by atoms with Gasteiger partial charge in [-0.25, -0.2) is 4.79 Å². The summed E-state index contributed by atoms with van der Waals surface area (Å²) in [6.45, 7) is 2.46. The Hall–Kier alpha value is -1.29. The summed E-state index contributed by atoms with van der Waals surface area (Å²) in [4.78, 5) is 11.4. The second-order valence-corrected chi connectivity index (χ2v) is 4.64. The van der Waals surface area contributed by atoms with Gasteiger partial charge in [-0.05, 0) is 24.6 Å². The van der Waals surface area contributed by atoms with Crippen LogP contribution in [-0.2, 0) is 14.3 Å². The molecule has 1 atom stereocenters. The summed E-state index contributed by atoms with van der Waals surface area (Å²) in [7, 11) is 0. The van der Waals surface area contributed by atoms with Gasteiger partial charge in [-0.15, -0.1) is 0 Å². The second kappa shape index (κ2) is 5.36. The lowest BCUT2D eigenvalue weighted by atomic mass is 10.0. The Morgan fingerprint density at radius 1 is 1.41 bits per heavy atom. The van der Waals surface area contributed by atoms with Crippen LogP contribution >= 0.6 is 15.9 Å². The molecule has 0 unspecified atom stereocenters. The number of ether oxygens (including phenoxy) is 2. The van der Waals surface area contributed by atoms with Gasteiger partial charge < -0.3 is 9.47 Å². The summed E-state index contributed by atoms with van der Waals surface area (Å²) >= 11 is 3.37. The molecule has 0 aromatic heterocycles. The number of halogens is 1. The van der Waals surface area contributed by atoms with Gasteiger partial charge in [-0.3, -0.25) is 0 Å². The summed E-state index contributed by atoms with van der Waals surface area (Å²) in [5.74, 6) is 0.351. The number of benzene rings is 1. The van der Waals surface area contributed by atoms with Crippen molar-refractivity contribution in [1.29, 1.82) is 0 Å². The lowest BCUT2D eigenvalue weighted by molar-refractivity contribution is -0.145. The minimum absolute atomic E-state index is 0.248. The van der Waals surface area contributed by atoms with Crippen LogP contribution in [0.4, 0.5) is 0 Å². The van der Waals surface area contributed by atoms with E-state index in [-0.39, 0.29) is 12.1 Å². The summed E-state index contributed by atoms with van der Waals surface area (Å²) in [5.41, 5.74) is 0.979. The van der Waals surface area contributed by atoms with E-state index >= 15 is 0 Å². The molecule has 4 heteroatoms. The van der Waals surface area contributed by atoms with Gasteiger partial charge in [0.25, 0.3) is 0 Å². The van der Waals surface area contributed by atoms with Gasteiger partial charge in [0.05, 0.1) is 12.7 Å². The fourth-order valence-corrected chi connectivity index (χ4v) is 2.00. The number of esters is 1. The van der Waals surface area contributed by atoms with E-state index in [2.05, 4.69) is 15.9 Å². The van der Waals surface area contributed by atoms with Gasteiger partial charge in [0, 0.05) is 10.9 Å². The van der Waals surface area contributed by atoms with Gasteiger partial charge in [-0.1, -0.05) is 28.1 Å². The first kappa shape index (κ1) is 12.2. The van der Waals surface area contributed by atoms with Crippen molar-refractivity contribution in [2.24, 2.45) is 0 Å².